The molecule has 4 fully saturated rings. The van der Waals surface area contributed by atoms with Gasteiger partial charge in [0.05, 0.1) is 17.8 Å². The van der Waals surface area contributed by atoms with Crippen molar-refractivity contribution in [3.8, 4) is 0 Å². The number of hydrogen-bond donors (Lipinski definition) is 3. The van der Waals surface area contributed by atoms with Crippen LogP contribution in [0.2, 0.25) is 0 Å². The summed E-state index contributed by atoms with van der Waals surface area (Å²) < 4.78 is 0. The molecule has 0 saturated heterocycles. The third-order valence-electron chi connectivity index (χ3n) is 11.8. The van der Waals surface area contributed by atoms with E-state index in [-0.39, 0.29) is 5.41 Å². The van der Waals surface area contributed by atoms with E-state index in [4.69, 9.17) is 0 Å². The summed E-state index contributed by atoms with van der Waals surface area (Å²) in [6.07, 6.45) is 10.1. The van der Waals surface area contributed by atoms with Gasteiger partial charge in [0.1, 0.15) is 0 Å². The smallest absolute Gasteiger partial charge is 0.0985 e. The molecule has 4 rings (SSSR count). The zero-order chi connectivity index (χ0) is 23.5. The van der Waals surface area contributed by atoms with Crippen molar-refractivity contribution in [2.45, 2.75) is 123 Å². The first-order valence-electron chi connectivity index (χ1n) is 13.7. The summed E-state index contributed by atoms with van der Waals surface area (Å²) >= 11 is 0. The lowest BCUT2D eigenvalue weighted by Crippen LogP contribution is -2.68. The van der Waals surface area contributed by atoms with Gasteiger partial charge in [0.15, 0.2) is 0 Å². The largest absolute Gasteiger partial charge is 0.393 e. The van der Waals surface area contributed by atoms with Crippen molar-refractivity contribution in [1.82, 2.24) is 0 Å². The number of allylic oxidation sites excluding steroid dienone is 1. The van der Waals surface area contributed by atoms with Crippen LogP contribution in [-0.2, 0) is 0 Å². The standard InChI is InChI=1S/C29H50O3/c1-7-18(2)19(3)8-9-20(4)23-10-11-24-22-16-26(31)29(32)17-21(30)12-15-28(29,6)25(22)13-14-27(23,24)5/h18,20-26,30-32H,3,7-17H2,1-2,4-6H3/t18-,20+,21-,22-,23+,24-,25-,26+,27+,28+,29-/m0/s1. The van der Waals surface area contributed by atoms with Gasteiger partial charge in [-0.2, -0.15) is 0 Å². The highest BCUT2D eigenvalue weighted by atomic mass is 16.3. The maximum atomic E-state index is 11.6. The summed E-state index contributed by atoms with van der Waals surface area (Å²) in [6, 6.07) is 0. The van der Waals surface area contributed by atoms with E-state index >= 15 is 0 Å². The van der Waals surface area contributed by atoms with Gasteiger partial charge in [0, 0.05) is 11.8 Å². The topological polar surface area (TPSA) is 60.7 Å². The molecule has 4 aliphatic carbocycles. The first kappa shape index (κ1) is 24.7. The number of fused-ring (bicyclic) bond motifs is 5. The molecule has 4 saturated carbocycles. The lowest BCUT2D eigenvalue weighted by Gasteiger charge is -2.65. The summed E-state index contributed by atoms with van der Waals surface area (Å²) in [5, 5.41) is 33.1. The van der Waals surface area contributed by atoms with E-state index in [2.05, 4.69) is 41.2 Å². The number of rotatable bonds is 6. The molecular formula is C29H50O3. The van der Waals surface area contributed by atoms with Gasteiger partial charge < -0.3 is 15.3 Å². The molecule has 0 spiro atoms. The Bertz CT molecular complexity index is 705. The highest BCUT2D eigenvalue weighted by Crippen LogP contribution is 2.69. The number of aliphatic hydroxyl groups is 3. The van der Waals surface area contributed by atoms with Crippen molar-refractivity contribution in [3.63, 3.8) is 0 Å². The molecule has 0 aliphatic heterocycles. The maximum absolute atomic E-state index is 11.6. The van der Waals surface area contributed by atoms with Crippen molar-refractivity contribution in [2.24, 2.45) is 46.3 Å². The Morgan fingerprint density at radius 2 is 1.75 bits per heavy atom. The third-order valence-corrected chi connectivity index (χ3v) is 11.8. The molecule has 11 atom stereocenters. The van der Waals surface area contributed by atoms with Crippen molar-refractivity contribution in [3.05, 3.63) is 12.2 Å². The maximum Gasteiger partial charge on any atom is 0.0985 e. The van der Waals surface area contributed by atoms with Crippen molar-refractivity contribution < 1.29 is 15.3 Å². The van der Waals surface area contributed by atoms with Gasteiger partial charge in [-0.25, -0.2) is 0 Å². The van der Waals surface area contributed by atoms with Crippen molar-refractivity contribution >= 4 is 0 Å². The zero-order valence-corrected chi connectivity index (χ0v) is 21.4. The normalized spacial score (nSPS) is 50.1. The number of aliphatic hydroxyl groups excluding tert-OH is 2. The van der Waals surface area contributed by atoms with Crippen LogP contribution in [0.5, 0.6) is 0 Å². The lowest BCUT2D eigenvalue weighted by molar-refractivity contribution is -0.264. The van der Waals surface area contributed by atoms with Crippen LogP contribution < -0.4 is 0 Å². The quantitative estimate of drug-likeness (QED) is 0.431. The summed E-state index contributed by atoms with van der Waals surface area (Å²) in [4.78, 5) is 0. The molecule has 0 aromatic carbocycles. The van der Waals surface area contributed by atoms with E-state index in [1.165, 1.54) is 44.1 Å². The fourth-order valence-corrected chi connectivity index (χ4v) is 9.39. The summed E-state index contributed by atoms with van der Waals surface area (Å²) in [6.45, 7) is 16.2. The highest BCUT2D eigenvalue weighted by Gasteiger charge is 2.67. The molecule has 184 valence electrons. The average molecular weight is 447 g/mol. The fraction of sp³-hybridized carbons (Fsp3) is 0.931. The molecule has 3 heteroatoms. The Hall–Kier alpha value is -0.380. The Balaban J connectivity index is 1.51. The second kappa shape index (κ2) is 8.68. The monoisotopic (exact) mass is 446 g/mol. The molecule has 0 amide bonds. The highest BCUT2D eigenvalue weighted by molar-refractivity contribution is 5.17. The molecule has 3 nitrogen and oxygen atoms in total. The molecular weight excluding hydrogens is 396 g/mol. The fourth-order valence-electron chi connectivity index (χ4n) is 9.39. The predicted octanol–water partition coefficient (Wildman–Crippen LogP) is 6.11. The van der Waals surface area contributed by atoms with E-state index in [0.29, 0.717) is 41.4 Å². The van der Waals surface area contributed by atoms with Crippen LogP contribution >= 0.6 is 0 Å². The summed E-state index contributed by atoms with van der Waals surface area (Å²) in [7, 11) is 0. The van der Waals surface area contributed by atoms with Crippen LogP contribution in [-0.4, -0.2) is 33.1 Å². The predicted molar refractivity (Wildman–Crippen MR) is 131 cm³/mol. The zero-order valence-electron chi connectivity index (χ0n) is 21.4. The van der Waals surface area contributed by atoms with Gasteiger partial charge in [-0.3, -0.25) is 0 Å². The van der Waals surface area contributed by atoms with E-state index in [0.717, 1.165) is 31.6 Å². The van der Waals surface area contributed by atoms with Gasteiger partial charge in [-0.15, -0.1) is 0 Å². The van der Waals surface area contributed by atoms with Crippen LogP contribution in [0.15, 0.2) is 12.2 Å². The first-order valence-corrected chi connectivity index (χ1v) is 13.7. The van der Waals surface area contributed by atoms with E-state index < -0.39 is 17.8 Å². The average Bonchev–Trinajstić information content (AvgIpc) is 3.11. The van der Waals surface area contributed by atoms with Crippen molar-refractivity contribution in [2.75, 3.05) is 0 Å². The van der Waals surface area contributed by atoms with E-state index in [1.54, 1.807) is 0 Å². The first-order chi connectivity index (χ1) is 15.0. The molecule has 0 unspecified atom stereocenters. The second-order valence-electron chi connectivity index (χ2n) is 13.1. The van der Waals surface area contributed by atoms with Gasteiger partial charge in [-0.05, 0) is 105 Å². The Labute approximate surface area is 197 Å². The summed E-state index contributed by atoms with van der Waals surface area (Å²) in [5.74, 6) is 3.75. The van der Waals surface area contributed by atoms with Crippen LogP contribution in [0.1, 0.15) is 105 Å². The molecule has 4 aliphatic rings. The summed E-state index contributed by atoms with van der Waals surface area (Å²) in [5.41, 5.74) is 0.386. The van der Waals surface area contributed by atoms with Crippen molar-refractivity contribution in [1.29, 1.82) is 0 Å². The minimum Gasteiger partial charge on any atom is -0.393 e. The lowest BCUT2D eigenvalue weighted by atomic mass is 9.42. The molecule has 0 bridgehead atoms. The van der Waals surface area contributed by atoms with E-state index in [1.807, 2.05) is 0 Å². The van der Waals surface area contributed by atoms with Gasteiger partial charge in [0.2, 0.25) is 0 Å². The molecule has 0 aromatic rings. The van der Waals surface area contributed by atoms with Gasteiger partial charge in [0.25, 0.3) is 0 Å². The Kier molecular flexibility index (Phi) is 6.71. The molecule has 0 radical (unpaired) electrons. The minimum absolute atomic E-state index is 0.270. The van der Waals surface area contributed by atoms with Crippen LogP contribution in [0.4, 0.5) is 0 Å². The molecule has 0 heterocycles. The molecule has 0 aromatic heterocycles. The van der Waals surface area contributed by atoms with Crippen LogP contribution in [0, 0.1) is 46.3 Å². The Morgan fingerprint density at radius 1 is 1.03 bits per heavy atom. The van der Waals surface area contributed by atoms with Gasteiger partial charge in [-0.1, -0.05) is 46.8 Å². The third kappa shape index (κ3) is 3.64. The number of hydrogen-bond acceptors (Lipinski definition) is 3. The molecule has 3 N–H and O–H groups in total. The SMILES string of the molecule is C=C(CC[C@@H](C)[C@H]1CC[C@H]2[C@@H]3C[C@@H](O)[C@@]4(O)C[C@@H](O)CC[C@]4(C)[C@H]3CC[C@]12C)[C@@H](C)CC. The van der Waals surface area contributed by atoms with Crippen LogP contribution in [0.25, 0.3) is 0 Å². The van der Waals surface area contributed by atoms with E-state index in [9.17, 15) is 15.3 Å². The Morgan fingerprint density at radius 3 is 2.44 bits per heavy atom. The molecule has 32 heavy (non-hydrogen) atoms. The minimum atomic E-state index is -1.12. The second-order valence-corrected chi connectivity index (χ2v) is 13.1. The van der Waals surface area contributed by atoms with Gasteiger partial charge >= 0.3 is 0 Å². The van der Waals surface area contributed by atoms with Crippen LogP contribution in [0.3, 0.4) is 0 Å².